The molecule has 0 N–H and O–H groups in total. The molecule has 0 radical (unpaired) electrons. The van der Waals surface area contributed by atoms with E-state index in [1.54, 1.807) is 6.20 Å². The highest BCUT2D eigenvalue weighted by Gasteiger charge is 2.22. The lowest BCUT2D eigenvalue weighted by Gasteiger charge is -2.24. The van der Waals surface area contributed by atoms with E-state index in [2.05, 4.69) is 47.7 Å². The summed E-state index contributed by atoms with van der Waals surface area (Å²) in [7, 11) is 2.20. The SMILES string of the molecule is Cc1ccc2c(c1)c1c(n2CCc2ccc(C)[n+]([O-])c2)CCN(C)C1. The smallest absolute Gasteiger partial charge is 0.189 e. The van der Waals surface area contributed by atoms with Gasteiger partial charge in [-0.05, 0) is 44.2 Å². The summed E-state index contributed by atoms with van der Waals surface area (Å²) in [6.45, 7) is 7.04. The second-order valence-corrected chi connectivity index (χ2v) is 7.34. The van der Waals surface area contributed by atoms with Crippen LogP contribution in [-0.4, -0.2) is 23.1 Å². The molecule has 4 nitrogen and oxygen atoms in total. The summed E-state index contributed by atoms with van der Waals surface area (Å²) in [6, 6.07) is 10.8. The fraction of sp³-hybridized carbons (Fsp3) is 0.381. The zero-order valence-corrected chi connectivity index (χ0v) is 15.2. The molecule has 3 heterocycles. The first kappa shape index (κ1) is 16.2. The van der Waals surface area contributed by atoms with Gasteiger partial charge in [0.05, 0.1) is 0 Å². The molecule has 0 aliphatic carbocycles. The van der Waals surface area contributed by atoms with Gasteiger partial charge in [-0.2, -0.15) is 4.73 Å². The van der Waals surface area contributed by atoms with Crippen LogP contribution in [0.5, 0.6) is 0 Å². The van der Waals surface area contributed by atoms with Crippen molar-refractivity contribution in [2.24, 2.45) is 0 Å². The molecular weight excluding hydrogens is 310 g/mol. The largest absolute Gasteiger partial charge is 0.619 e. The van der Waals surface area contributed by atoms with Crippen molar-refractivity contribution >= 4 is 10.9 Å². The predicted molar refractivity (Wildman–Crippen MR) is 101 cm³/mol. The molecule has 0 bridgehead atoms. The van der Waals surface area contributed by atoms with Crippen LogP contribution < -0.4 is 4.73 Å². The summed E-state index contributed by atoms with van der Waals surface area (Å²) in [5.41, 5.74) is 7.43. The lowest BCUT2D eigenvalue weighted by atomic mass is 10.0. The Kier molecular flexibility index (Phi) is 4.00. The van der Waals surface area contributed by atoms with Gasteiger partial charge >= 0.3 is 0 Å². The fourth-order valence-electron chi connectivity index (χ4n) is 3.94. The van der Waals surface area contributed by atoms with Gasteiger partial charge in [-0.15, -0.1) is 0 Å². The Hall–Kier alpha value is -2.33. The number of hydrogen-bond acceptors (Lipinski definition) is 2. The Morgan fingerprint density at radius 2 is 2.00 bits per heavy atom. The lowest BCUT2D eigenvalue weighted by molar-refractivity contribution is -0.612. The number of likely N-dealkylation sites (N-methyl/N-ethyl adjacent to an activating group) is 1. The van der Waals surface area contributed by atoms with Gasteiger partial charge in [-0.3, -0.25) is 0 Å². The third-order valence-electron chi connectivity index (χ3n) is 5.39. The summed E-state index contributed by atoms with van der Waals surface area (Å²) in [5, 5.41) is 13.2. The molecule has 0 fully saturated rings. The van der Waals surface area contributed by atoms with Crippen molar-refractivity contribution in [1.82, 2.24) is 9.47 Å². The van der Waals surface area contributed by atoms with E-state index in [4.69, 9.17) is 0 Å². The van der Waals surface area contributed by atoms with Gasteiger partial charge in [0.15, 0.2) is 11.9 Å². The Labute approximate surface area is 148 Å². The average molecular weight is 335 g/mol. The van der Waals surface area contributed by atoms with Gasteiger partial charge in [0.1, 0.15) is 0 Å². The number of hydrogen-bond donors (Lipinski definition) is 0. The second kappa shape index (κ2) is 6.19. The zero-order chi connectivity index (χ0) is 17.6. The van der Waals surface area contributed by atoms with E-state index in [0.29, 0.717) is 0 Å². The van der Waals surface area contributed by atoms with Crippen LogP contribution in [0.15, 0.2) is 36.5 Å². The van der Waals surface area contributed by atoms with E-state index in [-0.39, 0.29) is 0 Å². The topological polar surface area (TPSA) is 35.1 Å². The monoisotopic (exact) mass is 335 g/mol. The van der Waals surface area contributed by atoms with Crippen molar-refractivity contribution in [2.45, 2.75) is 39.8 Å². The van der Waals surface area contributed by atoms with Crippen molar-refractivity contribution in [1.29, 1.82) is 0 Å². The Balaban J connectivity index is 1.72. The number of aryl methyl sites for hydroxylation is 4. The van der Waals surface area contributed by atoms with E-state index in [1.807, 2.05) is 13.0 Å². The van der Waals surface area contributed by atoms with Gasteiger partial charge in [0, 0.05) is 61.2 Å². The van der Waals surface area contributed by atoms with Crippen LogP contribution >= 0.6 is 0 Å². The highest BCUT2D eigenvalue weighted by molar-refractivity contribution is 5.86. The molecule has 0 amide bonds. The lowest BCUT2D eigenvalue weighted by Crippen LogP contribution is -2.30. The van der Waals surface area contributed by atoms with Crippen LogP contribution in [-0.2, 0) is 25.9 Å². The van der Waals surface area contributed by atoms with Crippen molar-refractivity contribution in [3.05, 3.63) is 69.8 Å². The van der Waals surface area contributed by atoms with Crippen molar-refractivity contribution in [3.8, 4) is 0 Å². The van der Waals surface area contributed by atoms with Crippen molar-refractivity contribution < 1.29 is 4.73 Å². The molecule has 0 saturated heterocycles. The fourth-order valence-corrected chi connectivity index (χ4v) is 3.94. The molecule has 1 aromatic carbocycles. The molecule has 2 aromatic heterocycles. The molecule has 130 valence electrons. The Morgan fingerprint density at radius 3 is 2.80 bits per heavy atom. The minimum atomic E-state index is 0.742. The van der Waals surface area contributed by atoms with E-state index < -0.39 is 0 Å². The molecule has 1 aliphatic rings. The molecular formula is C21H25N3O. The first-order chi connectivity index (χ1) is 12.0. The van der Waals surface area contributed by atoms with Gasteiger partial charge < -0.3 is 14.7 Å². The maximum Gasteiger partial charge on any atom is 0.189 e. The average Bonchev–Trinajstić information content (AvgIpc) is 2.88. The molecule has 3 aromatic rings. The maximum atomic E-state index is 11.8. The molecule has 1 aliphatic heterocycles. The molecule has 0 saturated carbocycles. The molecule has 25 heavy (non-hydrogen) atoms. The minimum absolute atomic E-state index is 0.742. The van der Waals surface area contributed by atoms with E-state index >= 15 is 0 Å². The first-order valence-electron chi connectivity index (χ1n) is 9.01. The third-order valence-corrected chi connectivity index (χ3v) is 5.39. The van der Waals surface area contributed by atoms with Gasteiger partial charge in [-0.1, -0.05) is 11.6 Å². The third kappa shape index (κ3) is 2.91. The zero-order valence-electron chi connectivity index (χ0n) is 15.2. The quantitative estimate of drug-likeness (QED) is 0.544. The van der Waals surface area contributed by atoms with Crippen LogP contribution in [0, 0.1) is 19.1 Å². The summed E-state index contributed by atoms with van der Waals surface area (Å²) >= 11 is 0. The van der Waals surface area contributed by atoms with Crippen LogP contribution in [0.3, 0.4) is 0 Å². The summed E-state index contributed by atoms with van der Waals surface area (Å²) in [6.07, 6.45) is 3.68. The number of rotatable bonds is 3. The van der Waals surface area contributed by atoms with Crippen molar-refractivity contribution in [3.63, 3.8) is 0 Å². The van der Waals surface area contributed by atoms with E-state index in [0.717, 1.165) is 48.5 Å². The number of pyridine rings is 1. The number of fused-ring (bicyclic) bond motifs is 3. The first-order valence-corrected chi connectivity index (χ1v) is 9.01. The standard InChI is InChI=1S/C21H25N3O/c1-15-4-7-20-18(12-15)19-14-22(3)10-9-21(19)23(20)11-8-17-6-5-16(2)24(25)13-17/h4-7,12-13H,8-11,14H2,1-3H3. The summed E-state index contributed by atoms with van der Waals surface area (Å²) in [4.78, 5) is 2.40. The van der Waals surface area contributed by atoms with Gasteiger partial charge in [0.2, 0.25) is 0 Å². The summed E-state index contributed by atoms with van der Waals surface area (Å²) in [5.74, 6) is 0. The molecule has 0 spiro atoms. The predicted octanol–water partition coefficient (Wildman–Crippen LogP) is 3.12. The number of nitrogens with zero attached hydrogens (tertiary/aromatic N) is 3. The minimum Gasteiger partial charge on any atom is -0.619 e. The maximum absolute atomic E-state index is 11.8. The normalized spacial score (nSPS) is 14.8. The van der Waals surface area contributed by atoms with Gasteiger partial charge in [0.25, 0.3) is 0 Å². The van der Waals surface area contributed by atoms with E-state index in [9.17, 15) is 5.21 Å². The van der Waals surface area contributed by atoms with Crippen LogP contribution in [0.4, 0.5) is 0 Å². The highest BCUT2D eigenvalue weighted by atomic mass is 16.5. The van der Waals surface area contributed by atoms with Crippen LogP contribution in [0.25, 0.3) is 10.9 Å². The Bertz CT molecular complexity index is 942. The van der Waals surface area contributed by atoms with Gasteiger partial charge in [-0.25, -0.2) is 0 Å². The van der Waals surface area contributed by atoms with Crippen LogP contribution in [0.1, 0.15) is 28.1 Å². The van der Waals surface area contributed by atoms with Crippen LogP contribution in [0.2, 0.25) is 0 Å². The molecule has 0 unspecified atom stereocenters. The molecule has 4 heteroatoms. The van der Waals surface area contributed by atoms with Crippen molar-refractivity contribution in [2.75, 3.05) is 13.6 Å². The number of benzene rings is 1. The highest BCUT2D eigenvalue weighted by Crippen LogP contribution is 2.31. The number of aromatic nitrogens is 2. The van der Waals surface area contributed by atoms with E-state index in [1.165, 1.54) is 27.7 Å². The second-order valence-electron chi connectivity index (χ2n) is 7.34. The Morgan fingerprint density at radius 1 is 1.16 bits per heavy atom. The summed E-state index contributed by atoms with van der Waals surface area (Å²) < 4.78 is 3.45. The molecule has 0 atom stereocenters. The molecule has 4 rings (SSSR count).